The summed E-state index contributed by atoms with van der Waals surface area (Å²) in [6.45, 7) is 3.45. The Morgan fingerprint density at radius 3 is 2.11 bits per heavy atom. The number of nitrogens with zero attached hydrogens (tertiary/aromatic N) is 2. The Morgan fingerprint density at radius 2 is 1.57 bits per heavy atom. The van der Waals surface area contributed by atoms with Crippen molar-refractivity contribution in [3.8, 4) is 5.75 Å². The van der Waals surface area contributed by atoms with Crippen LogP contribution in [0.15, 0.2) is 53.4 Å². The predicted octanol–water partition coefficient (Wildman–Crippen LogP) is 2.79. The first-order chi connectivity index (χ1) is 13.5. The average molecular weight is 403 g/mol. The van der Waals surface area contributed by atoms with Crippen molar-refractivity contribution in [2.45, 2.75) is 24.7 Å². The van der Waals surface area contributed by atoms with Gasteiger partial charge >= 0.3 is 0 Å². The van der Waals surface area contributed by atoms with Gasteiger partial charge in [0.2, 0.25) is 10.0 Å². The minimum Gasteiger partial charge on any atom is -0.497 e. The van der Waals surface area contributed by atoms with Crippen molar-refractivity contribution in [1.82, 2.24) is 9.21 Å². The summed E-state index contributed by atoms with van der Waals surface area (Å²) < 4.78 is 32.1. The summed E-state index contributed by atoms with van der Waals surface area (Å²) in [6, 6.07) is 14.0. The third kappa shape index (κ3) is 4.36. The fraction of sp³-hybridized carbons (Fsp3) is 0.381. The second-order valence-electron chi connectivity index (χ2n) is 6.82. The zero-order chi connectivity index (χ0) is 20.1. The van der Waals surface area contributed by atoms with E-state index < -0.39 is 10.0 Å². The fourth-order valence-electron chi connectivity index (χ4n) is 3.31. The lowest BCUT2D eigenvalue weighted by Crippen LogP contribution is -2.50. The van der Waals surface area contributed by atoms with Gasteiger partial charge in [-0.15, -0.1) is 0 Å². The van der Waals surface area contributed by atoms with Gasteiger partial charge in [0.05, 0.1) is 12.0 Å². The zero-order valence-corrected chi connectivity index (χ0v) is 17.1. The molecule has 0 aromatic heterocycles. The third-order valence-electron chi connectivity index (χ3n) is 4.96. The van der Waals surface area contributed by atoms with Gasteiger partial charge < -0.3 is 9.64 Å². The van der Waals surface area contributed by atoms with Crippen molar-refractivity contribution in [2.75, 3.05) is 33.3 Å². The molecular weight excluding hydrogens is 376 g/mol. The Labute approximate surface area is 166 Å². The molecule has 1 aliphatic heterocycles. The SMILES string of the molecule is CCCc1ccc(C(=O)N2CCN(S(=O)(=O)c3ccc(OC)cc3)CC2)cc1. The minimum atomic E-state index is -3.57. The molecule has 1 saturated heterocycles. The average Bonchev–Trinajstić information content (AvgIpc) is 2.74. The first-order valence-electron chi connectivity index (χ1n) is 9.48. The fourth-order valence-corrected chi connectivity index (χ4v) is 4.74. The molecule has 0 unspecified atom stereocenters. The van der Waals surface area contributed by atoms with Crippen molar-refractivity contribution in [1.29, 1.82) is 0 Å². The van der Waals surface area contributed by atoms with Crippen molar-refractivity contribution >= 4 is 15.9 Å². The molecule has 0 N–H and O–H groups in total. The minimum absolute atomic E-state index is 0.0513. The molecule has 1 fully saturated rings. The molecule has 3 rings (SSSR count). The molecular formula is C21H26N2O4S. The molecule has 1 heterocycles. The second-order valence-corrected chi connectivity index (χ2v) is 8.76. The molecule has 28 heavy (non-hydrogen) atoms. The Bertz CT molecular complexity index is 900. The molecule has 0 aliphatic carbocycles. The first-order valence-corrected chi connectivity index (χ1v) is 10.9. The molecule has 2 aromatic carbocycles. The van der Waals surface area contributed by atoms with Crippen LogP contribution in [0, 0.1) is 0 Å². The van der Waals surface area contributed by atoms with E-state index in [1.165, 1.54) is 17.0 Å². The molecule has 1 aliphatic rings. The maximum Gasteiger partial charge on any atom is 0.253 e. The van der Waals surface area contributed by atoms with Gasteiger partial charge in [-0.1, -0.05) is 25.5 Å². The number of amides is 1. The summed E-state index contributed by atoms with van der Waals surface area (Å²) in [6.07, 6.45) is 2.06. The summed E-state index contributed by atoms with van der Waals surface area (Å²) in [4.78, 5) is 14.7. The number of ether oxygens (including phenoxy) is 1. The van der Waals surface area contributed by atoms with Crippen LogP contribution in [0.2, 0.25) is 0 Å². The second kappa shape index (κ2) is 8.75. The Kier molecular flexibility index (Phi) is 6.36. The largest absolute Gasteiger partial charge is 0.497 e. The zero-order valence-electron chi connectivity index (χ0n) is 16.3. The van der Waals surface area contributed by atoms with E-state index in [-0.39, 0.29) is 23.9 Å². The summed E-state index contributed by atoms with van der Waals surface area (Å²) in [5.74, 6) is 0.559. The van der Waals surface area contributed by atoms with Crippen molar-refractivity contribution in [3.05, 3.63) is 59.7 Å². The Hall–Kier alpha value is -2.38. The summed E-state index contributed by atoms with van der Waals surface area (Å²) in [5, 5.41) is 0. The summed E-state index contributed by atoms with van der Waals surface area (Å²) >= 11 is 0. The normalized spacial score (nSPS) is 15.4. The molecule has 7 heteroatoms. The number of carbonyl (C=O) groups is 1. The van der Waals surface area contributed by atoms with Gasteiger partial charge in [0.25, 0.3) is 5.91 Å². The number of piperazine rings is 1. The van der Waals surface area contributed by atoms with E-state index in [0.29, 0.717) is 24.4 Å². The van der Waals surface area contributed by atoms with Crippen LogP contribution in [0.4, 0.5) is 0 Å². The van der Waals surface area contributed by atoms with Crippen LogP contribution in [-0.2, 0) is 16.4 Å². The highest BCUT2D eigenvalue weighted by atomic mass is 32.2. The van der Waals surface area contributed by atoms with E-state index in [0.717, 1.165) is 12.8 Å². The van der Waals surface area contributed by atoms with E-state index in [9.17, 15) is 13.2 Å². The van der Waals surface area contributed by atoms with Crippen LogP contribution >= 0.6 is 0 Å². The van der Waals surface area contributed by atoms with Gasteiger partial charge in [-0.2, -0.15) is 4.31 Å². The molecule has 150 valence electrons. The quantitative estimate of drug-likeness (QED) is 0.745. The first kappa shape index (κ1) is 20.4. The van der Waals surface area contributed by atoms with Gasteiger partial charge in [-0.25, -0.2) is 8.42 Å². The number of methoxy groups -OCH3 is 1. The topological polar surface area (TPSA) is 66.9 Å². The maximum atomic E-state index is 12.8. The van der Waals surface area contributed by atoms with E-state index in [2.05, 4.69) is 6.92 Å². The van der Waals surface area contributed by atoms with Gasteiger partial charge in [0, 0.05) is 31.7 Å². The third-order valence-corrected chi connectivity index (χ3v) is 6.88. The molecule has 0 bridgehead atoms. The van der Waals surface area contributed by atoms with Crippen molar-refractivity contribution < 1.29 is 17.9 Å². The van der Waals surface area contributed by atoms with Gasteiger partial charge in [0.1, 0.15) is 5.75 Å². The molecule has 0 atom stereocenters. The molecule has 6 nitrogen and oxygen atoms in total. The van der Waals surface area contributed by atoms with Gasteiger partial charge in [-0.05, 0) is 48.4 Å². The summed E-state index contributed by atoms with van der Waals surface area (Å²) in [5.41, 5.74) is 1.86. The smallest absolute Gasteiger partial charge is 0.253 e. The van der Waals surface area contributed by atoms with Crippen LogP contribution in [0.3, 0.4) is 0 Å². The van der Waals surface area contributed by atoms with E-state index in [1.807, 2.05) is 24.3 Å². The van der Waals surface area contributed by atoms with Crippen LogP contribution in [0.25, 0.3) is 0 Å². The predicted molar refractivity (Wildman–Crippen MR) is 108 cm³/mol. The molecule has 0 saturated carbocycles. The molecule has 1 amide bonds. The van der Waals surface area contributed by atoms with Crippen LogP contribution in [-0.4, -0.2) is 56.8 Å². The van der Waals surface area contributed by atoms with E-state index in [1.54, 1.807) is 29.2 Å². The van der Waals surface area contributed by atoms with Crippen molar-refractivity contribution in [3.63, 3.8) is 0 Å². The number of hydrogen-bond acceptors (Lipinski definition) is 4. The Balaban J connectivity index is 1.63. The number of carbonyl (C=O) groups excluding carboxylic acids is 1. The highest BCUT2D eigenvalue weighted by molar-refractivity contribution is 7.89. The van der Waals surface area contributed by atoms with E-state index >= 15 is 0 Å². The van der Waals surface area contributed by atoms with Crippen LogP contribution in [0.5, 0.6) is 5.75 Å². The highest BCUT2D eigenvalue weighted by Gasteiger charge is 2.30. The van der Waals surface area contributed by atoms with Crippen molar-refractivity contribution in [2.24, 2.45) is 0 Å². The molecule has 2 aromatic rings. The number of sulfonamides is 1. The monoisotopic (exact) mass is 402 g/mol. The number of aryl methyl sites for hydroxylation is 1. The van der Waals surface area contributed by atoms with Gasteiger partial charge in [-0.3, -0.25) is 4.79 Å². The lowest BCUT2D eigenvalue weighted by Gasteiger charge is -2.34. The van der Waals surface area contributed by atoms with E-state index in [4.69, 9.17) is 4.74 Å². The highest BCUT2D eigenvalue weighted by Crippen LogP contribution is 2.21. The molecule has 0 spiro atoms. The summed E-state index contributed by atoms with van der Waals surface area (Å²) in [7, 11) is -2.03. The van der Waals surface area contributed by atoms with Crippen LogP contribution in [0.1, 0.15) is 29.3 Å². The van der Waals surface area contributed by atoms with Crippen LogP contribution < -0.4 is 4.74 Å². The number of benzene rings is 2. The Morgan fingerprint density at radius 1 is 0.964 bits per heavy atom. The van der Waals surface area contributed by atoms with Gasteiger partial charge in [0.15, 0.2) is 0 Å². The lowest BCUT2D eigenvalue weighted by atomic mass is 10.1. The number of hydrogen-bond donors (Lipinski definition) is 0. The lowest BCUT2D eigenvalue weighted by molar-refractivity contribution is 0.0698. The number of rotatable bonds is 6. The maximum absolute atomic E-state index is 12.8. The molecule has 0 radical (unpaired) electrons. The standard InChI is InChI=1S/C21H26N2O4S/c1-3-4-17-5-7-18(8-6-17)21(24)22-13-15-23(16-14-22)28(25,26)20-11-9-19(27-2)10-12-20/h5-12H,3-4,13-16H2,1-2H3.